The van der Waals surface area contributed by atoms with Crippen LogP contribution in [0, 0.1) is 0 Å². The third-order valence-electron chi connectivity index (χ3n) is 2.02. The number of rotatable bonds is 5. The zero-order valence-corrected chi connectivity index (χ0v) is 12.3. The van der Waals surface area contributed by atoms with Gasteiger partial charge in [-0.3, -0.25) is 4.79 Å². The Morgan fingerprint density at radius 3 is 2.47 bits per heavy atom. The minimum atomic E-state index is -3.35. The first-order chi connectivity index (χ1) is 8.59. The molecule has 19 heavy (non-hydrogen) atoms. The van der Waals surface area contributed by atoms with Gasteiger partial charge in [-0.15, -0.1) is 10.2 Å². The van der Waals surface area contributed by atoms with Crippen LogP contribution in [-0.4, -0.2) is 42.9 Å². The number of nitrogens with one attached hydrogen (secondary N) is 2. The fourth-order valence-electron chi connectivity index (χ4n) is 1.37. The van der Waals surface area contributed by atoms with E-state index in [1.54, 1.807) is 13.8 Å². The highest BCUT2D eigenvalue weighted by molar-refractivity contribution is 7.88. The van der Waals surface area contributed by atoms with Gasteiger partial charge in [-0.05, 0) is 26.0 Å². The molecule has 0 saturated carbocycles. The lowest BCUT2D eigenvalue weighted by Gasteiger charge is -2.25. The van der Waals surface area contributed by atoms with Crippen LogP contribution in [0.25, 0.3) is 0 Å². The molecule has 0 bridgehead atoms. The molecule has 1 aromatic rings. The lowest BCUT2D eigenvalue weighted by molar-refractivity contribution is 0.0938. The summed E-state index contributed by atoms with van der Waals surface area (Å²) >= 11 is 5.56. The molecular weight excluding hydrogens is 292 g/mol. The summed E-state index contributed by atoms with van der Waals surface area (Å²) in [4.78, 5) is 11.7. The number of sulfonamides is 1. The highest BCUT2D eigenvalue weighted by atomic mass is 35.5. The second kappa shape index (κ2) is 5.81. The summed E-state index contributed by atoms with van der Waals surface area (Å²) in [6.45, 7) is 3.42. The average molecular weight is 307 g/mol. The van der Waals surface area contributed by atoms with E-state index in [2.05, 4.69) is 20.2 Å². The Balaban J connectivity index is 2.61. The number of amides is 1. The highest BCUT2D eigenvalue weighted by Crippen LogP contribution is 2.04. The van der Waals surface area contributed by atoms with E-state index in [1.165, 1.54) is 12.1 Å². The topological polar surface area (TPSA) is 101 Å². The highest BCUT2D eigenvalue weighted by Gasteiger charge is 2.23. The minimum absolute atomic E-state index is 0.111. The van der Waals surface area contributed by atoms with E-state index in [9.17, 15) is 13.2 Å². The molecule has 0 radical (unpaired) electrons. The van der Waals surface area contributed by atoms with E-state index >= 15 is 0 Å². The van der Waals surface area contributed by atoms with Gasteiger partial charge in [-0.25, -0.2) is 13.1 Å². The molecule has 1 aromatic heterocycles. The van der Waals surface area contributed by atoms with Gasteiger partial charge in [0, 0.05) is 12.1 Å². The summed E-state index contributed by atoms with van der Waals surface area (Å²) in [5, 5.41) is 9.93. The van der Waals surface area contributed by atoms with Crippen LogP contribution in [0.15, 0.2) is 12.1 Å². The summed E-state index contributed by atoms with van der Waals surface area (Å²) in [5.74, 6) is -0.451. The summed E-state index contributed by atoms with van der Waals surface area (Å²) in [6.07, 6.45) is 1.06. The monoisotopic (exact) mass is 306 g/mol. The molecule has 1 amide bonds. The summed E-state index contributed by atoms with van der Waals surface area (Å²) in [7, 11) is -3.35. The van der Waals surface area contributed by atoms with Crippen LogP contribution in [0.2, 0.25) is 5.15 Å². The standard InChI is InChI=1S/C10H15ClN4O3S/c1-10(2,15-19(3,17)18)6-12-9(16)7-4-5-8(11)14-13-7/h4-5,15H,6H2,1-3H3,(H,12,16). The van der Waals surface area contributed by atoms with Crippen LogP contribution in [0.4, 0.5) is 0 Å². The van der Waals surface area contributed by atoms with Crippen molar-refractivity contribution < 1.29 is 13.2 Å². The molecule has 0 saturated heterocycles. The second-order valence-corrected chi connectivity index (χ2v) is 6.82. The van der Waals surface area contributed by atoms with E-state index in [4.69, 9.17) is 11.6 Å². The average Bonchev–Trinajstić information content (AvgIpc) is 2.24. The van der Waals surface area contributed by atoms with Crippen molar-refractivity contribution in [3.63, 3.8) is 0 Å². The Labute approximate surface area is 116 Å². The molecule has 0 unspecified atom stereocenters. The van der Waals surface area contributed by atoms with Gasteiger partial charge >= 0.3 is 0 Å². The van der Waals surface area contributed by atoms with Crippen molar-refractivity contribution in [3.05, 3.63) is 23.0 Å². The molecule has 0 atom stereocenters. The predicted molar refractivity (Wildman–Crippen MR) is 71.4 cm³/mol. The molecule has 2 N–H and O–H groups in total. The van der Waals surface area contributed by atoms with Crippen molar-refractivity contribution in [1.29, 1.82) is 0 Å². The molecule has 106 valence electrons. The van der Waals surface area contributed by atoms with Crippen molar-refractivity contribution >= 4 is 27.5 Å². The molecule has 9 heteroatoms. The van der Waals surface area contributed by atoms with Crippen LogP contribution < -0.4 is 10.0 Å². The van der Waals surface area contributed by atoms with Gasteiger partial charge in [0.2, 0.25) is 10.0 Å². The largest absolute Gasteiger partial charge is 0.349 e. The predicted octanol–water partition coefficient (Wildman–Crippen LogP) is 0.188. The number of aromatic nitrogens is 2. The van der Waals surface area contributed by atoms with Gasteiger partial charge in [-0.1, -0.05) is 11.6 Å². The van der Waals surface area contributed by atoms with E-state index < -0.39 is 21.5 Å². The summed E-state index contributed by atoms with van der Waals surface area (Å²) < 4.78 is 24.7. The second-order valence-electron chi connectivity index (χ2n) is 4.68. The first-order valence-electron chi connectivity index (χ1n) is 5.35. The molecule has 0 fully saturated rings. The summed E-state index contributed by atoms with van der Waals surface area (Å²) in [5.41, 5.74) is -0.692. The zero-order valence-electron chi connectivity index (χ0n) is 10.8. The first-order valence-corrected chi connectivity index (χ1v) is 7.62. The lowest BCUT2D eigenvalue weighted by atomic mass is 10.1. The number of hydrogen-bond donors (Lipinski definition) is 2. The Kier molecular flexibility index (Phi) is 4.83. The fourth-order valence-corrected chi connectivity index (χ4v) is 2.54. The van der Waals surface area contributed by atoms with E-state index in [0.29, 0.717) is 0 Å². The summed E-state index contributed by atoms with van der Waals surface area (Å²) in [6, 6.07) is 2.88. The van der Waals surface area contributed by atoms with E-state index in [-0.39, 0.29) is 17.4 Å². The van der Waals surface area contributed by atoms with Crippen LogP contribution in [-0.2, 0) is 10.0 Å². The van der Waals surface area contributed by atoms with Crippen LogP contribution in [0.3, 0.4) is 0 Å². The Morgan fingerprint density at radius 2 is 2.00 bits per heavy atom. The molecule has 0 aliphatic carbocycles. The molecule has 7 nitrogen and oxygen atoms in total. The van der Waals surface area contributed by atoms with Gasteiger partial charge in [0.05, 0.1) is 6.26 Å². The van der Waals surface area contributed by atoms with Gasteiger partial charge in [0.15, 0.2) is 10.8 Å². The van der Waals surface area contributed by atoms with Crippen LogP contribution >= 0.6 is 11.6 Å². The molecule has 1 heterocycles. The van der Waals surface area contributed by atoms with Crippen molar-refractivity contribution in [2.75, 3.05) is 12.8 Å². The fraction of sp³-hybridized carbons (Fsp3) is 0.500. The molecule has 1 rings (SSSR count). The normalized spacial score (nSPS) is 12.2. The molecule has 0 aliphatic rings. The Morgan fingerprint density at radius 1 is 1.37 bits per heavy atom. The van der Waals surface area contributed by atoms with E-state index in [0.717, 1.165) is 6.26 Å². The molecular formula is C10H15ClN4O3S. The maximum Gasteiger partial charge on any atom is 0.271 e. The molecule has 0 aliphatic heterocycles. The van der Waals surface area contributed by atoms with Gasteiger partial charge < -0.3 is 5.32 Å². The van der Waals surface area contributed by atoms with Crippen LogP contribution in [0.5, 0.6) is 0 Å². The van der Waals surface area contributed by atoms with Crippen LogP contribution in [0.1, 0.15) is 24.3 Å². The quantitative estimate of drug-likeness (QED) is 0.808. The van der Waals surface area contributed by atoms with Gasteiger partial charge in [0.1, 0.15) is 0 Å². The minimum Gasteiger partial charge on any atom is -0.349 e. The zero-order chi connectivity index (χ0) is 14.7. The number of carbonyl (C=O) groups excluding carboxylic acids is 1. The molecule has 0 aromatic carbocycles. The maximum absolute atomic E-state index is 11.7. The number of nitrogens with zero attached hydrogens (tertiary/aromatic N) is 2. The van der Waals surface area contributed by atoms with Gasteiger partial charge in [0.25, 0.3) is 5.91 Å². The number of carbonyl (C=O) groups is 1. The Hall–Kier alpha value is -1.25. The van der Waals surface area contributed by atoms with Crippen molar-refractivity contribution in [2.45, 2.75) is 19.4 Å². The Bertz CT molecular complexity index is 557. The number of halogens is 1. The maximum atomic E-state index is 11.7. The van der Waals surface area contributed by atoms with Crippen molar-refractivity contribution in [3.8, 4) is 0 Å². The van der Waals surface area contributed by atoms with Crippen molar-refractivity contribution in [2.24, 2.45) is 0 Å². The first kappa shape index (κ1) is 15.8. The van der Waals surface area contributed by atoms with Gasteiger partial charge in [-0.2, -0.15) is 0 Å². The number of hydrogen-bond acceptors (Lipinski definition) is 5. The third-order valence-corrected chi connectivity index (χ3v) is 3.14. The van der Waals surface area contributed by atoms with E-state index in [1.807, 2.05) is 0 Å². The van der Waals surface area contributed by atoms with Crippen molar-refractivity contribution in [1.82, 2.24) is 20.2 Å². The SMILES string of the molecule is CC(C)(CNC(=O)c1ccc(Cl)nn1)NS(C)(=O)=O. The molecule has 0 spiro atoms. The lowest BCUT2D eigenvalue weighted by Crippen LogP contribution is -2.51. The third kappa shape index (κ3) is 5.95. The smallest absolute Gasteiger partial charge is 0.271 e.